The lowest BCUT2D eigenvalue weighted by atomic mass is 10.1. The lowest BCUT2D eigenvalue weighted by Gasteiger charge is -2.27. The van der Waals surface area contributed by atoms with Gasteiger partial charge in [0.2, 0.25) is 0 Å². The Hall–Kier alpha value is -2.07. The second-order valence-electron chi connectivity index (χ2n) is 5.18. The third kappa shape index (κ3) is 2.59. The fourth-order valence-corrected chi connectivity index (χ4v) is 2.71. The Bertz CT molecular complexity index is 642. The van der Waals surface area contributed by atoms with Crippen LogP contribution in [0.1, 0.15) is 25.0 Å². The van der Waals surface area contributed by atoms with E-state index in [4.69, 9.17) is 4.74 Å². The van der Waals surface area contributed by atoms with Crippen LogP contribution in [0.4, 0.5) is 15.8 Å². The van der Waals surface area contributed by atoms with Gasteiger partial charge in [-0.25, -0.2) is 4.39 Å². The van der Waals surface area contributed by atoms with Gasteiger partial charge in [0.25, 0.3) is 0 Å². The predicted molar refractivity (Wildman–Crippen MR) is 80.6 cm³/mol. The van der Waals surface area contributed by atoms with Crippen molar-refractivity contribution in [1.82, 2.24) is 0 Å². The van der Waals surface area contributed by atoms with Crippen molar-refractivity contribution in [2.75, 3.05) is 18.1 Å². The largest absolute Gasteiger partial charge is 0.491 e. The van der Waals surface area contributed by atoms with Crippen molar-refractivity contribution in [3.63, 3.8) is 0 Å². The zero-order valence-electron chi connectivity index (χ0n) is 11.9. The first-order valence-corrected chi connectivity index (χ1v) is 7.14. The summed E-state index contributed by atoms with van der Waals surface area (Å²) in [6, 6.07) is 12.4. The van der Waals surface area contributed by atoms with E-state index < -0.39 is 6.10 Å². The molecule has 0 saturated heterocycles. The number of hydrogen-bond donors (Lipinski definition) is 1. The third-order valence-electron chi connectivity index (χ3n) is 3.68. The van der Waals surface area contributed by atoms with Crippen LogP contribution in [0.25, 0.3) is 0 Å². The standard InChI is InChI=1S/C17H18FNO2/c1-12(20)13-6-4-7-14(18)17(13)19-10-5-11-21-16-9-3-2-8-15(16)19/h2-4,6-9,12,20H,5,10-11H2,1H3/t12-/m1/s1. The van der Waals surface area contributed by atoms with Gasteiger partial charge in [0.1, 0.15) is 11.6 Å². The number of hydrogen-bond acceptors (Lipinski definition) is 3. The Balaban J connectivity index is 2.17. The first-order valence-electron chi connectivity index (χ1n) is 7.14. The molecule has 1 aliphatic heterocycles. The third-order valence-corrected chi connectivity index (χ3v) is 3.68. The number of fused-ring (bicyclic) bond motifs is 1. The van der Waals surface area contributed by atoms with Gasteiger partial charge in [0.15, 0.2) is 0 Å². The number of halogens is 1. The Morgan fingerprint density at radius 2 is 2.00 bits per heavy atom. The van der Waals surface area contributed by atoms with Gasteiger partial charge in [0, 0.05) is 12.1 Å². The van der Waals surface area contributed by atoms with E-state index in [1.54, 1.807) is 19.1 Å². The van der Waals surface area contributed by atoms with E-state index in [-0.39, 0.29) is 5.82 Å². The SMILES string of the molecule is C[C@@H](O)c1cccc(F)c1N1CCCOc2ccccc21. The fourth-order valence-electron chi connectivity index (χ4n) is 2.71. The first kappa shape index (κ1) is 13.9. The van der Waals surface area contributed by atoms with Crippen molar-refractivity contribution in [3.05, 3.63) is 53.8 Å². The van der Waals surface area contributed by atoms with Gasteiger partial charge < -0.3 is 14.7 Å². The molecule has 4 heteroatoms. The smallest absolute Gasteiger partial charge is 0.147 e. The molecule has 1 N–H and O–H groups in total. The Labute approximate surface area is 123 Å². The molecule has 0 amide bonds. The van der Waals surface area contributed by atoms with Crippen molar-refractivity contribution < 1.29 is 14.2 Å². The molecule has 0 aromatic heterocycles. The normalized spacial score (nSPS) is 15.9. The second kappa shape index (κ2) is 5.74. The fraction of sp³-hybridized carbons (Fsp3) is 0.294. The number of benzene rings is 2. The van der Waals surface area contributed by atoms with Crippen LogP contribution >= 0.6 is 0 Å². The van der Waals surface area contributed by atoms with E-state index in [1.165, 1.54) is 6.07 Å². The van der Waals surface area contributed by atoms with Crippen molar-refractivity contribution >= 4 is 11.4 Å². The number of ether oxygens (including phenoxy) is 1. The molecular weight excluding hydrogens is 269 g/mol. The molecule has 21 heavy (non-hydrogen) atoms. The summed E-state index contributed by atoms with van der Waals surface area (Å²) >= 11 is 0. The summed E-state index contributed by atoms with van der Waals surface area (Å²) in [7, 11) is 0. The van der Waals surface area contributed by atoms with E-state index in [0.717, 1.165) is 17.9 Å². The van der Waals surface area contributed by atoms with Crippen LogP contribution in [0.3, 0.4) is 0 Å². The summed E-state index contributed by atoms with van der Waals surface area (Å²) in [5, 5.41) is 9.95. The Morgan fingerprint density at radius 1 is 1.19 bits per heavy atom. The van der Waals surface area contributed by atoms with Crippen molar-refractivity contribution in [3.8, 4) is 5.75 Å². The number of anilines is 2. The van der Waals surface area contributed by atoms with E-state index in [2.05, 4.69) is 0 Å². The van der Waals surface area contributed by atoms with E-state index in [1.807, 2.05) is 29.2 Å². The summed E-state index contributed by atoms with van der Waals surface area (Å²) in [6.45, 7) is 2.90. The summed E-state index contributed by atoms with van der Waals surface area (Å²) in [4.78, 5) is 1.90. The number of aliphatic hydroxyl groups is 1. The molecule has 3 nitrogen and oxygen atoms in total. The highest BCUT2D eigenvalue weighted by Crippen LogP contribution is 2.40. The molecule has 0 aliphatic carbocycles. The number of nitrogens with zero attached hydrogens (tertiary/aromatic N) is 1. The second-order valence-corrected chi connectivity index (χ2v) is 5.18. The highest BCUT2D eigenvalue weighted by Gasteiger charge is 2.23. The van der Waals surface area contributed by atoms with Crippen LogP contribution in [-0.2, 0) is 0 Å². The highest BCUT2D eigenvalue weighted by molar-refractivity contribution is 5.72. The molecule has 0 spiro atoms. The van der Waals surface area contributed by atoms with E-state index in [0.29, 0.717) is 24.4 Å². The number of para-hydroxylation sites is 3. The molecule has 1 heterocycles. The zero-order chi connectivity index (χ0) is 14.8. The lowest BCUT2D eigenvalue weighted by Crippen LogP contribution is -2.21. The van der Waals surface area contributed by atoms with E-state index in [9.17, 15) is 9.50 Å². The van der Waals surface area contributed by atoms with Crippen LogP contribution in [0.15, 0.2) is 42.5 Å². The molecule has 2 aromatic rings. The Kier molecular flexibility index (Phi) is 3.80. The molecule has 0 saturated carbocycles. The van der Waals surface area contributed by atoms with Gasteiger partial charge in [-0.2, -0.15) is 0 Å². The van der Waals surface area contributed by atoms with Crippen LogP contribution < -0.4 is 9.64 Å². The van der Waals surface area contributed by atoms with Gasteiger partial charge in [0.05, 0.1) is 24.1 Å². The molecule has 2 aromatic carbocycles. The minimum absolute atomic E-state index is 0.329. The van der Waals surface area contributed by atoms with Gasteiger partial charge in [-0.1, -0.05) is 24.3 Å². The van der Waals surface area contributed by atoms with Crippen molar-refractivity contribution in [1.29, 1.82) is 0 Å². The molecule has 3 rings (SSSR count). The topological polar surface area (TPSA) is 32.7 Å². The number of rotatable bonds is 2. The quantitative estimate of drug-likeness (QED) is 0.912. The molecule has 0 unspecified atom stereocenters. The van der Waals surface area contributed by atoms with Crippen LogP contribution in [0.2, 0.25) is 0 Å². The first-order chi connectivity index (χ1) is 10.2. The Morgan fingerprint density at radius 3 is 2.81 bits per heavy atom. The minimum Gasteiger partial charge on any atom is -0.491 e. The van der Waals surface area contributed by atoms with Gasteiger partial charge in [-0.15, -0.1) is 0 Å². The average Bonchev–Trinajstić information content (AvgIpc) is 2.69. The number of aliphatic hydroxyl groups excluding tert-OH is 1. The van der Waals surface area contributed by atoms with Crippen molar-refractivity contribution in [2.45, 2.75) is 19.4 Å². The maximum Gasteiger partial charge on any atom is 0.147 e. The minimum atomic E-state index is -0.730. The molecule has 0 radical (unpaired) electrons. The summed E-state index contributed by atoms with van der Waals surface area (Å²) < 4.78 is 20.1. The van der Waals surface area contributed by atoms with E-state index >= 15 is 0 Å². The monoisotopic (exact) mass is 287 g/mol. The molecule has 0 bridgehead atoms. The summed E-state index contributed by atoms with van der Waals surface area (Å²) in [6.07, 6.45) is 0.0643. The van der Waals surface area contributed by atoms with Gasteiger partial charge >= 0.3 is 0 Å². The van der Waals surface area contributed by atoms with Crippen LogP contribution in [0, 0.1) is 5.82 Å². The summed E-state index contributed by atoms with van der Waals surface area (Å²) in [5.41, 5.74) is 1.86. The van der Waals surface area contributed by atoms with Gasteiger partial charge in [-0.05, 0) is 31.5 Å². The van der Waals surface area contributed by atoms with Crippen LogP contribution in [-0.4, -0.2) is 18.3 Å². The average molecular weight is 287 g/mol. The molecule has 1 aliphatic rings. The molecule has 110 valence electrons. The van der Waals surface area contributed by atoms with Crippen LogP contribution in [0.5, 0.6) is 5.75 Å². The maximum absolute atomic E-state index is 14.4. The molecule has 0 fully saturated rings. The maximum atomic E-state index is 14.4. The lowest BCUT2D eigenvalue weighted by molar-refractivity contribution is 0.199. The molecular formula is C17H18FNO2. The zero-order valence-corrected chi connectivity index (χ0v) is 11.9. The predicted octanol–water partition coefficient (Wildman–Crippen LogP) is 3.80. The van der Waals surface area contributed by atoms with Crippen molar-refractivity contribution in [2.24, 2.45) is 0 Å². The summed E-state index contributed by atoms with van der Waals surface area (Å²) in [5.74, 6) is 0.417. The highest BCUT2D eigenvalue weighted by atomic mass is 19.1. The van der Waals surface area contributed by atoms with Gasteiger partial charge in [-0.3, -0.25) is 0 Å². The molecule has 1 atom stereocenters.